The number of rotatable bonds is 5. The highest BCUT2D eigenvalue weighted by molar-refractivity contribution is 5.96. The van der Waals surface area contributed by atoms with Gasteiger partial charge < -0.3 is 4.52 Å². The molecule has 7 nitrogen and oxygen atoms in total. The van der Waals surface area contributed by atoms with E-state index in [2.05, 4.69) is 21.0 Å². The van der Waals surface area contributed by atoms with Gasteiger partial charge in [0.05, 0.1) is 0 Å². The number of hydrazine groups is 1. The highest BCUT2D eigenvalue weighted by Gasteiger charge is 2.12. The number of benzene rings is 2. The summed E-state index contributed by atoms with van der Waals surface area (Å²) in [6, 6.07) is 12.7. The fourth-order valence-electron chi connectivity index (χ4n) is 2.38. The maximum atomic E-state index is 12.9. The number of aromatic nitrogens is 2. The predicted molar refractivity (Wildman–Crippen MR) is 94.8 cm³/mol. The van der Waals surface area contributed by atoms with Crippen LogP contribution in [0.1, 0.15) is 28.2 Å². The third-order valence-corrected chi connectivity index (χ3v) is 3.84. The summed E-state index contributed by atoms with van der Waals surface area (Å²) in [4.78, 5) is 28.1. The molecule has 0 spiro atoms. The van der Waals surface area contributed by atoms with Gasteiger partial charge >= 0.3 is 0 Å². The quantitative estimate of drug-likeness (QED) is 0.675. The molecule has 0 saturated heterocycles. The Kier molecular flexibility index (Phi) is 5.55. The van der Waals surface area contributed by atoms with E-state index in [1.165, 1.54) is 24.3 Å². The molecule has 3 rings (SSSR count). The molecule has 2 N–H and O–H groups in total. The molecule has 2 amide bonds. The molecule has 0 saturated carbocycles. The first kappa shape index (κ1) is 18.2. The topological polar surface area (TPSA) is 97.1 Å². The second-order valence-electron chi connectivity index (χ2n) is 5.84. The number of halogens is 1. The van der Waals surface area contributed by atoms with Crippen molar-refractivity contribution in [2.45, 2.75) is 19.8 Å². The highest BCUT2D eigenvalue weighted by Crippen LogP contribution is 2.16. The van der Waals surface area contributed by atoms with E-state index in [4.69, 9.17) is 4.52 Å². The van der Waals surface area contributed by atoms with Crippen molar-refractivity contribution in [3.05, 3.63) is 71.4 Å². The Hall–Kier alpha value is -3.55. The maximum Gasteiger partial charge on any atom is 0.269 e. The molecule has 0 unspecified atom stereocenters. The summed E-state index contributed by atoms with van der Waals surface area (Å²) in [5.41, 5.74) is 6.63. The summed E-state index contributed by atoms with van der Waals surface area (Å²) < 4.78 is 18.0. The summed E-state index contributed by atoms with van der Waals surface area (Å²) in [5, 5.41) is 3.81. The van der Waals surface area contributed by atoms with Crippen LogP contribution in [0, 0.1) is 12.7 Å². The monoisotopic (exact) mass is 368 g/mol. The Labute approximate surface area is 154 Å². The fraction of sp³-hybridized carbons (Fsp3) is 0.158. The predicted octanol–water partition coefficient (Wildman–Crippen LogP) is 2.58. The van der Waals surface area contributed by atoms with E-state index in [1.54, 1.807) is 12.1 Å². The number of carbonyl (C=O) groups is 2. The van der Waals surface area contributed by atoms with E-state index in [0.717, 1.165) is 5.56 Å². The van der Waals surface area contributed by atoms with Crippen molar-refractivity contribution in [2.75, 3.05) is 0 Å². The van der Waals surface area contributed by atoms with Gasteiger partial charge in [-0.2, -0.15) is 4.98 Å². The smallest absolute Gasteiger partial charge is 0.269 e. The molecule has 0 aliphatic rings. The summed E-state index contributed by atoms with van der Waals surface area (Å²) in [5.74, 6) is -0.545. The number of hydrogen-bond donors (Lipinski definition) is 2. The van der Waals surface area contributed by atoms with Crippen LogP contribution < -0.4 is 10.9 Å². The van der Waals surface area contributed by atoms with Crippen molar-refractivity contribution in [1.29, 1.82) is 0 Å². The number of amides is 2. The van der Waals surface area contributed by atoms with Crippen molar-refractivity contribution < 1.29 is 18.5 Å². The average Bonchev–Trinajstić information content (AvgIpc) is 3.14. The van der Waals surface area contributed by atoms with Crippen molar-refractivity contribution in [3.63, 3.8) is 0 Å². The van der Waals surface area contributed by atoms with Gasteiger partial charge in [0, 0.05) is 24.0 Å². The van der Waals surface area contributed by atoms with Crippen LogP contribution in [-0.4, -0.2) is 22.0 Å². The molecule has 1 heterocycles. The highest BCUT2D eigenvalue weighted by atomic mass is 19.1. The van der Waals surface area contributed by atoms with Crippen LogP contribution in [0.15, 0.2) is 53.1 Å². The van der Waals surface area contributed by atoms with E-state index in [1.807, 2.05) is 19.1 Å². The van der Waals surface area contributed by atoms with Gasteiger partial charge in [0.1, 0.15) is 5.82 Å². The molecule has 3 aromatic rings. The Morgan fingerprint density at radius 2 is 1.81 bits per heavy atom. The number of carbonyl (C=O) groups excluding carboxylic acids is 2. The molecule has 0 aliphatic heterocycles. The summed E-state index contributed by atoms with van der Waals surface area (Å²) >= 11 is 0. The lowest BCUT2D eigenvalue weighted by molar-refractivity contribution is -0.121. The lowest BCUT2D eigenvalue weighted by Gasteiger charge is -2.08. The van der Waals surface area contributed by atoms with Gasteiger partial charge in [-0.25, -0.2) is 4.39 Å². The van der Waals surface area contributed by atoms with Gasteiger partial charge in [-0.05, 0) is 42.8 Å². The summed E-state index contributed by atoms with van der Waals surface area (Å²) in [6.45, 7) is 1.81. The second kappa shape index (κ2) is 8.22. The number of nitrogens with zero attached hydrogens (tertiary/aromatic N) is 2. The second-order valence-corrected chi connectivity index (χ2v) is 5.84. The molecule has 2 aromatic carbocycles. The minimum absolute atomic E-state index is 0.0547. The number of nitrogens with one attached hydrogen (secondary N) is 2. The van der Waals surface area contributed by atoms with Gasteiger partial charge in [0.25, 0.3) is 5.91 Å². The molecule has 0 atom stereocenters. The van der Waals surface area contributed by atoms with E-state index in [9.17, 15) is 14.0 Å². The SMILES string of the molecule is Cc1ccccc1C(=O)NNC(=O)CCc1nc(-c2ccc(F)cc2)no1. The molecular weight excluding hydrogens is 351 g/mol. The van der Waals surface area contributed by atoms with Crippen LogP contribution >= 0.6 is 0 Å². The van der Waals surface area contributed by atoms with E-state index in [0.29, 0.717) is 17.0 Å². The van der Waals surface area contributed by atoms with Gasteiger partial charge in [0.15, 0.2) is 0 Å². The zero-order chi connectivity index (χ0) is 19.2. The van der Waals surface area contributed by atoms with Crippen molar-refractivity contribution in [2.24, 2.45) is 0 Å². The fourth-order valence-corrected chi connectivity index (χ4v) is 2.38. The van der Waals surface area contributed by atoms with Gasteiger partial charge in [-0.15, -0.1) is 0 Å². The van der Waals surface area contributed by atoms with Crippen molar-refractivity contribution in [1.82, 2.24) is 21.0 Å². The largest absolute Gasteiger partial charge is 0.339 e. The summed E-state index contributed by atoms with van der Waals surface area (Å²) in [6.07, 6.45) is 0.263. The molecule has 0 fully saturated rings. The number of hydrogen-bond acceptors (Lipinski definition) is 5. The Bertz CT molecular complexity index is 954. The molecule has 8 heteroatoms. The molecule has 1 aromatic heterocycles. The van der Waals surface area contributed by atoms with E-state index < -0.39 is 11.8 Å². The average molecular weight is 368 g/mol. The van der Waals surface area contributed by atoms with Crippen LogP contribution in [0.2, 0.25) is 0 Å². The van der Waals surface area contributed by atoms with Crippen LogP contribution in [-0.2, 0) is 11.2 Å². The molecule has 0 aliphatic carbocycles. The first-order chi connectivity index (χ1) is 13.0. The first-order valence-electron chi connectivity index (χ1n) is 8.26. The van der Waals surface area contributed by atoms with Crippen molar-refractivity contribution >= 4 is 11.8 Å². The third-order valence-electron chi connectivity index (χ3n) is 3.84. The molecule has 0 bridgehead atoms. The normalized spacial score (nSPS) is 10.4. The van der Waals surface area contributed by atoms with Crippen LogP contribution in [0.25, 0.3) is 11.4 Å². The zero-order valence-electron chi connectivity index (χ0n) is 14.5. The van der Waals surface area contributed by atoms with E-state index in [-0.39, 0.29) is 24.5 Å². The molecular formula is C19H17FN4O3. The van der Waals surface area contributed by atoms with Crippen molar-refractivity contribution in [3.8, 4) is 11.4 Å². The number of aryl methyl sites for hydroxylation is 2. The standard InChI is InChI=1S/C19H17FN4O3/c1-12-4-2-3-5-15(12)19(26)23-22-16(25)10-11-17-21-18(24-27-17)13-6-8-14(20)9-7-13/h2-9H,10-11H2,1H3,(H,22,25)(H,23,26). The molecule has 27 heavy (non-hydrogen) atoms. The van der Waals surface area contributed by atoms with Crippen LogP contribution in [0.4, 0.5) is 4.39 Å². The van der Waals surface area contributed by atoms with Crippen LogP contribution in [0.5, 0.6) is 0 Å². The van der Waals surface area contributed by atoms with Gasteiger partial charge in [-0.1, -0.05) is 23.4 Å². The molecule has 0 radical (unpaired) electrons. The van der Waals surface area contributed by atoms with Crippen LogP contribution in [0.3, 0.4) is 0 Å². The maximum absolute atomic E-state index is 12.9. The lowest BCUT2D eigenvalue weighted by atomic mass is 10.1. The summed E-state index contributed by atoms with van der Waals surface area (Å²) in [7, 11) is 0. The van der Waals surface area contributed by atoms with Gasteiger partial charge in [-0.3, -0.25) is 20.4 Å². The Morgan fingerprint density at radius 3 is 2.56 bits per heavy atom. The van der Waals surface area contributed by atoms with E-state index >= 15 is 0 Å². The zero-order valence-corrected chi connectivity index (χ0v) is 14.5. The third kappa shape index (κ3) is 4.75. The Morgan fingerprint density at radius 1 is 1.07 bits per heavy atom. The lowest BCUT2D eigenvalue weighted by Crippen LogP contribution is -2.41. The van der Waals surface area contributed by atoms with Gasteiger partial charge in [0.2, 0.25) is 17.6 Å². The minimum atomic E-state index is -0.391. The minimum Gasteiger partial charge on any atom is -0.339 e. The first-order valence-corrected chi connectivity index (χ1v) is 8.26. The Balaban J connectivity index is 1.49. The molecule has 138 valence electrons.